The van der Waals surface area contributed by atoms with Gasteiger partial charge in [-0.3, -0.25) is 14.4 Å². The molecular weight excluding hydrogens is 370 g/mol. The quantitative estimate of drug-likeness (QED) is 0.651. The Balaban J connectivity index is 1.92. The Labute approximate surface area is 168 Å². The van der Waals surface area contributed by atoms with E-state index in [4.69, 9.17) is 4.74 Å². The van der Waals surface area contributed by atoms with E-state index in [1.165, 1.54) is 0 Å². The molecule has 0 saturated carbocycles. The summed E-state index contributed by atoms with van der Waals surface area (Å²) < 4.78 is 6.10. The molecule has 3 aromatic rings. The molecule has 7 nitrogen and oxygen atoms in total. The zero-order valence-electron chi connectivity index (χ0n) is 16.7. The second-order valence-corrected chi connectivity index (χ2v) is 6.80. The number of rotatable bonds is 6. The van der Waals surface area contributed by atoms with E-state index in [1.54, 1.807) is 31.2 Å². The fourth-order valence-electron chi connectivity index (χ4n) is 3.17. The standard InChI is InChI=1S/C22H23N3O4/c1-4-29-21(27)12-19-16-7-5-6-8-17(16)22(28)25(24-19)13-20(26)23-18-10-9-14(2)11-15(18)3/h5-11H,4,12-13H2,1-3H3,(H,23,26). The molecule has 150 valence electrons. The zero-order chi connectivity index (χ0) is 21.0. The number of hydrogen-bond donors (Lipinski definition) is 1. The van der Waals surface area contributed by atoms with E-state index >= 15 is 0 Å². The average Bonchev–Trinajstić information content (AvgIpc) is 2.68. The van der Waals surface area contributed by atoms with Crippen LogP contribution in [-0.2, 0) is 27.3 Å². The van der Waals surface area contributed by atoms with E-state index in [0.29, 0.717) is 22.2 Å². The van der Waals surface area contributed by atoms with Gasteiger partial charge in [0, 0.05) is 11.1 Å². The van der Waals surface area contributed by atoms with Gasteiger partial charge in [-0.1, -0.05) is 35.9 Å². The third kappa shape index (κ3) is 4.68. The fraction of sp³-hybridized carbons (Fsp3) is 0.273. The van der Waals surface area contributed by atoms with Crippen molar-refractivity contribution in [3.63, 3.8) is 0 Å². The molecular formula is C22H23N3O4. The zero-order valence-corrected chi connectivity index (χ0v) is 16.7. The van der Waals surface area contributed by atoms with E-state index in [-0.39, 0.29) is 31.0 Å². The van der Waals surface area contributed by atoms with Crippen LogP contribution in [0.15, 0.2) is 47.3 Å². The van der Waals surface area contributed by atoms with Crippen molar-refractivity contribution in [2.45, 2.75) is 33.7 Å². The molecule has 29 heavy (non-hydrogen) atoms. The maximum Gasteiger partial charge on any atom is 0.311 e. The van der Waals surface area contributed by atoms with Crippen molar-refractivity contribution in [1.29, 1.82) is 0 Å². The summed E-state index contributed by atoms with van der Waals surface area (Å²) in [5.74, 6) is -0.806. The van der Waals surface area contributed by atoms with Gasteiger partial charge >= 0.3 is 5.97 Å². The van der Waals surface area contributed by atoms with Crippen molar-refractivity contribution in [1.82, 2.24) is 9.78 Å². The highest BCUT2D eigenvalue weighted by Crippen LogP contribution is 2.17. The van der Waals surface area contributed by atoms with Crippen molar-refractivity contribution in [3.05, 3.63) is 69.6 Å². The van der Waals surface area contributed by atoms with Gasteiger partial charge in [0.25, 0.3) is 5.56 Å². The second kappa shape index (κ2) is 8.68. The van der Waals surface area contributed by atoms with Crippen LogP contribution in [0.5, 0.6) is 0 Å². The van der Waals surface area contributed by atoms with Crippen LogP contribution in [-0.4, -0.2) is 28.3 Å². The summed E-state index contributed by atoms with van der Waals surface area (Å²) in [5, 5.41) is 8.08. The number of aryl methyl sites for hydroxylation is 2. The number of carbonyl (C=O) groups is 2. The molecule has 3 rings (SSSR count). The van der Waals surface area contributed by atoms with Crippen molar-refractivity contribution in [3.8, 4) is 0 Å². The van der Waals surface area contributed by atoms with Gasteiger partial charge in [0.2, 0.25) is 5.91 Å². The predicted molar refractivity (Wildman–Crippen MR) is 111 cm³/mol. The molecule has 0 aliphatic heterocycles. The van der Waals surface area contributed by atoms with Crippen molar-refractivity contribution < 1.29 is 14.3 Å². The molecule has 7 heteroatoms. The summed E-state index contributed by atoms with van der Waals surface area (Å²) in [6.45, 7) is 5.60. The van der Waals surface area contributed by atoms with Crippen LogP contribution in [0.3, 0.4) is 0 Å². The van der Waals surface area contributed by atoms with Crippen LogP contribution in [0.1, 0.15) is 23.7 Å². The molecule has 0 unspecified atom stereocenters. The number of hydrogen-bond acceptors (Lipinski definition) is 5. The third-order valence-corrected chi connectivity index (χ3v) is 4.51. The third-order valence-electron chi connectivity index (χ3n) is 4.51. The van der Waals surface area contributed by atoms with Crippen molar-refractivity contribution in [2.24, 2.45) is 0 Å². The summed E-state index contributed by atoms with van der Waals surface area (Å²) in [6, 6.07) is 12.6. The first-order valence-electron chi connectivity index (χ1n) is 9.40. The number of carbonyl (C=O) groups excluding carboxylic acids is 2. The van der Waals surface area contributed by atoms with E-state index < -0.39 is 5.97 Å². The first kappa shape index (κ1) is 20.3. The van der Waals surface area contributed by atoms with E-state index in [1.807, 2.05) is 32.0 Å². The first-order chi connectivity index (χ1) is 13.9. The lowest BCUT2D eigenvalue weighted by molar-refractivity contribution is -0.142. The molecule has 0 atom stereocenters. The molecule has 1 aromatic heterocycles. The van der Waals surface area contributed by atoms with Crippen molar-refractivity contribution in [2.75, 3.05) is 11.9 Å². The number of fused-ring (bicyclic) bond motifs is 1. The summed E-state index contributed by atoms with van der Waals surface area (Å²) in [7, 11) is 0. The van der Waals surface area contributed by atoms with Crippen LogP contribution in [0, 0.1) is 13.8 Å². The minimum absolute atomic E-state index is 0.0761. The van der Waals surface area contributed by atoms with Gasteiger partial charge in [-0.25, -0.2) is 4.68 Å². The maximum atomic E-state index is 12.8. The molecule has 1 N–H and O–H groups in total. The summed E-state index contributed by atoms with van der Waals surface area (Å²) in [4.78, 5) is 37.3. The number of nitrogens with one attached hydrogen (secondary N) is 1. The number of ether oxygens (including phenoxy) is 1. The first-order valence-corrected chi connectivity index (χ1v) is 9.40. The smallest absolute Gasteiger partial charge is 0.311 e. The van der Waals surface area contributed by atoms with Gasteiger partial charge < -0.3 is 10.1 Å². The van der Waals surface area contributed by atoms with Gasteiger partial charge in [0.15, 0.2) is 0 Å². The monoisotopic (exact) mass is 393 g/mol. The molecule has 0 aliphatic rings. The number of esters is 1. The summed E-state index contributed by atoms with van der Waals surface area (Å²) >= 11 is 0. The lowest BCUT2D eigenvalue weighted by atomic mass is 10.1. The molecule has 0 aliphatic carbocycles. The number of nitrogens with zero attached hydrogens (tertiary/aromatic N) is 2. The Morgan fingerprint density at radius 2 is 1.83 bits per heavy atom. The average molecular weight is 393 g/mol. The van der Waals surface area contributed by atoms with Crippen LogP contribution >= 0.6 is 0 Å². The Hall–Kier alpha value is -3.48. The molecule has 0 bridgehead atoms. The van der Waals surface area contributed by atoms with Gasteiger partial charge in [-0.2, -0.15) is 5.10 Å². The van der Waals surface area contributed by atoms with Crippen LogP contribution in [0.4, 0.5) is 5.69 Å². The Bertz CT molecular complexity index is 1130. The number of anilines is 1. The van der Waals surface area contributed by atoms with Gasteiger partial charge in [0.1, 0.15) is 6.54 Å². The Morgan fingerprint density at radius 1 is 1.10 bits per heavy atom. The largest absolute Gasteiger partial charge is 0.466 e. The van der Waals surface area contributed by atoms with Gasteiger partial charge in [-0.15, -0.1) is 0 Å². The number of benzene rings is 2. The van der Waals surface area contributed by atoms with E-state index in [0.717, 1.165) is 15.8 Å². The van der Waals surface area contributed by atoms with Crippen molar-refractivity contribution >= 4 is 28.3 Å². The number of amides is 1. The normalized spacial score (nSPS) is 10.7. The maximum absolute atomic E-state index is 12.8. The highest BCUT2D eigenvalue weighted by atomic mass is 16.5. The SMILES string of the molecule is CCOC(=O)Cc1nn(CC(=O)Nc2ccc(C)cc2C)c(=O)c2ccccc12. The van der Waals surface area contributed by atoms with Gasteiger partial charge in [0.05, 0.1) is 24.1 Å². The topological polar surface area (TPSA) is 90.3 Å². The number of aromatic nitrogens is 2. The highest BCUT2D eigenvalue weighted by molar-refractivity contribution is 5.92. The molecule has 1 heterocycles. The van der Waals surface area contributed by atoms with E-state index in [9.17, 15) is 14.4 Å². The minimum atomic E-state index is -0.435. The molecule has 0 radical (unpaired) electrons. The fourth-order valence-corrected chi connectivity index (χ4v) is 3.17. The van der Waals surface area contributed by atoms with Crippen LogP contribution in [0.25, 0.3) is 10.8 Å². The molecule has 0 fully saturated rings. The van der Waals surface area contributed by atoms with E-state index in [2.05, 4.69) is 10.4 Å². The van der Waals surface area contributed by atoms with Crippen LogP contribution < -0.4 is 10.9 Å². The Morgan fingerprint density at radius 3 is 2.52 bits per heavy atom. The molecule has 1 amide bonds. The highest BCUT2D eigenvalue weighted by Gasteiger charge is 2.16. The summed E-state index contributed by atoms with van der Waals surface area (Å²) in [5.41, 5.74) is 2.72. The predicted octanol–water partition coefficient (Wildman–Crippen LogP) is 2.76. The lowest BCUT2D eigenvalue weighted by Crippen LogP contribution is -2.31. The lowest BCUT2D eigenvalue weighted by Gasteiger charge is -2.12. The minimum Gasteiger partial charge on any atom is -0.466 e. The molecule has 0 saturated heterocycles. The summed E-state index contributed by atoms with van der Waals surface area (Å²) in [6.07, 6.45) is -0.0761. The Kier molecular flexibility index (Phi) is 6.07. The van der Waals surface area contributed by atoms with Crippen LogP contribution in [0.2, 0.25) is 0 Å². The second-order valence-electron chi connectivity index (χ2n) is 6.80. The van der Waals surface area contributed by atoms with Gasteiger partial charge in [-0.05, 0) is 38.5 Å². The molecule has 0 spiro atoms. The molecule has 2 aromatic carbocycles.